The van der Waals surface area contributed by atoms with E-state index in [-0.39, 0.29) is 11.6 Å². The molecule has 1 amide bonds. The lowest BCUT2D eigenvalue weighted by Crippen LogP contribution is -2.25. The number of halogens is 1. The highest BCUT2D eigenvalue weighted by Gasteiger charge is 2.14. The highest BCUT2D eigenvalue weighted by Crippen LogP contribution is 2.27. The number of benzene rings is 2. The maximum absolute atomic E-state index is 12.1. The predicted octanol–water partition coefficient (Wildman–Crippen LogP) is 3.97. The molecule has 0 aliphatic carbocycles. The molecular formula is C18H15ClN2O2. The molecule has 0 radical (unpaired) electrons. The van der Waals surface area contributed by atoms with Gasteiger partial charge in [0.05, 0.1) is 5.02 Å². The number of amides is 1. The van der Waals surface area contributed by atoms with Gasteiger partial charge in [-0.15, -0.1) is 0 Å². The first kappa shape index (κ1) is 15.3. The molecular weight excluding hydrogens is 312 g/mol. The van der Waals surface area contributed by atoms with Crippen molar-refractivity contribution in [2.24, 2.45) is 0 Å². The molecule has 1 N–H and O–H groups in total. The Labute approximate surface area is 139 Å². The van der Waals surface area contributed by atoms with Gasteiger partial charge in [0.1, 0.15) is 0 Å². The Morgan fingerprint density at radius 3 is 2.61 bits per heavy atom. The number of nitrogens with zero attached hydrogens (tertiary/aromatic N) is 1. The van der Waals surface area contributed by atoms with E-state index in [2.05, 4.69) is 10.5 Å². The van der Waals surface area contributed by atoms with Crippen molar-refractivity contribution in [2.45, 2.75) is 6.42 Å². The SMILES string of the molecule is O=C(NCCc1ccccc1)c1cc(-c2ccccc2Cl)on1. The molecule has 0 unspecified atom stereocenters. The minimum Gasteiger partial charge on any atom is -0.355 e. The molecule has 23 heavy (non-hydrogen) atoms. The fraction of sp³-hybridized carbons (Fsp3) is 0.111. The molecule has 3 aromatic rings. The fourth-order valence-corrected chi connectivity index (χ4v) is 2.45. The van der Waals surface area contributed by atoms with Crippen molar-refractivity contribution in [3.05, 3.63) is 76.9 Å². The lowest BCUT2D eigenvalue weighted by Gasteiger charge is -2.02. The Morgan fingerprint density at radius 1 is 1.09 bits per heavy atom. The van der Waals surface area contributed by atoms with Crippen molar-refractivity contribution in [3.8, 4) is 11.3 Å². The van der Waals surface area contributed by atoms with Crippen molar-refractivity contribution >= 4 is 17.5 Å². The van der Waals surface area contributed by atoms with E-state index >= 15 is 0 Å². The number of carbonyl (C=O) groups is 1. The molecule has 3 rings (SSSR count). The molecule has 1 heterocycles. The summed E-state index contributed by atoms with van der Waals surface area (Å²) in [5, 5.41) is 7.20. The second-order valence-corrected chi connectivity index (χ2v) is 5.45. The normalized spacial score (nSPS) is 10.5. The first-order chi connectivity index (χ1) is 11.2. The third-order valence-electron chi connectivity index (χ3n) is 3.42. The smallest absolute Gasteiger partial charge is 0.273 e. The topological polar surface area (TPSA) is 55.1 Å². The monoisotopic (exact) mass is 326 g/mol. The Bertz CT molecular complexity index is 800. The Hall–Kier alpha value is -2.59. The molecule has 1 aromatic heterocycles. The minimum atomic E-state index is -0.261. The summed E-state index contributed by atoms with van der Waals surface area (Å²) in [5.74, 6) is 0.215. The van der Waals surface area contributed by atoms with Crippen LogP contribution in [-0.2, 0) is 6.42 Å². The number of nitrogens with one attached hydrogen (secondary N) is 1. The molecule has 2 aromatic carbocycles. The van der Waals surface area contributed by atoms with Gasteiger partial charge in [0.15, 0.2) is 11.5 Å². The van der Waals surface area contributed by atoms with Gasteiger partial charge in [-0.3, -0.25) is 4.79 Å². The molecule has 5 heteroatoms. The van der Waals surface area contributed by atoms with E-state index in [1.54, 1.807) is 12.1 Å². The van der Waals surface area contributed by atoms with Crippen LogP contribution in [0.4, 0.5) is 0 Å². The first-order valence-corrected chi connectivity index (χ1v) is 7.65. The van der Waals surface area contributed by atoms with Crippen molar-refractivity contribution in [3.63, 3.8) is 0 Å². The van der Waals surface area contributed by atoms with Crippen LogP contribution in [0.15, 0.2) is 65.2 Å². The zero-order valence-corrected chi connectivity index (χ0v) is 13.1. The van der Waals surface area contributed by atoms with Crippen LogP contribution >= 0.6 is 11.6 Å². The molecule has 0 atom stereocenters. The zero-order valence-electron chi connectivity index (χ0n) is 12.3. The van der Waals surface area contributed by atoms with Gasteiger partial charge in [-0.25, -0.2) is 0 Å². The van der Waals surface area contributed by atoms with Gasteiger partial charge in [0.25, 0.3) is 5.91 Å². The average molecular weight is 327 g/mol. The van der Waals surface area contributed by atoms with Crippen molar-refractivity contribution in [1.82, 2.24) is 10.5 Å². The number of aromatic nitrogens is 1. The molecule has 0 fully saturated rings. The van der Waals surface area contributed by atoms with E-state index in [1.807, 2.05) is 48.5 Å². The molecule has 0 bridgehead atoms. The van der Waals surface area contributed by atoms with Gasteiger partial charge in [0.2, 0.25) is 0 Å². The maximum atomic E-state index is 12.1. The van der Waals surface area contributed by atoms with E-state index in [0.717, 1.165) is 6.42 Å². The maximum Gasteiger partial charge on any atom is 0.273 e. The van der Waals surface area contributed by atoms with E-state index in [0.29, 0.717) is 22.9 Å². The average Bonchev–Trinajstić information content (AvgIpc) is 3.06. The number of hydrogen-bond donors (Lipinski definition) is 1. The number of rotatable bonds is 5. The van der Waals surface area contributed by atoms with Crippen molar-refractivity contribution in [1.29, 1.82) is 0 Å². The third-order valence-corrected chi connectivity index (χ3v) is 3.75. The standard InChI is InChI=1S/C18H15ClN2O2/c19-15-9-5-4-8-14(15)17-12-16(21-23-17)18(22)20-11-10-13-6-2-1-3-7-13/h1-9,12H,10-11H2,(H,20,22). The third kappa shape index (κ3) is 3.79. The predicted molar refractivity (Wildman–Crippen MR) is 89.4 cm³/mol. The van der Waals surface area contributed by atoms with Crippen LogP contribution < -0.4 is 5.32 Å². The summed E-state index contributed by atoms with van der Waals surface area (Å²) in [6, 6.07) is 18.8. The summed E-state index contributed by atoms with van der Waals surface area (Å²) in [6.45, 7) is 0.539. The highest BCUT2D eigenvalue weighted by molar-refractivity contribution is 6.33. The largest absolute Gasteiger partial charge is 0.355 e. The number of carbonyl (C=O) groups excluding carboxylic acids is 1. The molecule has 0 aliphatic heterocycles. The van der Waals surface area contributed by atoms with Crippen LogP contribution in [0.2, 0.25) is 5.02 Å². The van der Waals surface area contributed by atoms with Gasteiger partial charge >= 0.3 is 0 Å². The van der Waals surface area contributed by atoms with Crippen LogP contribution in [0.1, 0.15) is 16.1 Å². The molecule has 0 saturated heterocycles. The van der Waals surface area contributed by atoms with Crippen LogP contribution in [0.3, 0.4) is 0 Å². The minimum absolute atomic E-state index is 0.244. The summed E-state index contributed by atoms with van der Waals surface area (Å²) in [4.78, 5) is 12.1. The molecule has 0 saturated carbocycles. The lowest BCUT2D eigenvalue weighted by molar-refractivity contribution is 0.0945. The Morgan fingerprint density at radius 2 is 1.83 bits per heavy atom. The first-order valence-electron chi connectivity index (χ1n) is 7.28. The summed E-state index contributed by atoms with van der Waals surface area (Å²) < 4.78 is 5.22. The quantitative estimate of drug-likeness (QED) is 0.772. The fourth-order valence-electron chi connectivity index (χ4n) is 2.23. The molecule has 0 spiro atoms. The lowest BCUT2D eigenvalue weighted by atomic mass is 10.1. The summed E-state index contributed by atoms with van der Waals surface area (Å²) in [7, 11) is 0. The van der Waals surface area contributed by atoms with E-state index in [9.17, 15) is 4.79 Å². The highest BCUT2D eigenvalue weighted by atomic mass is 35.5. The summed E-state index contributed by atoms with van der Waals surface area (Å²) in [6.07, 6.45) is 0.766. The van der Waals surface area contributed by atoms with Crippen LogP contribution in [0.5, 0.6) is 0 Å². The van der Waals surface area contributed by atoms with E-state index < -0.39 is 0 Å². The van der Waals surface area contributed by atoms with Crippen LogP contribution in [-0.4, -0.2) is 17.6 Å². The van der Waals surface area contributed by atoms with Crippen molar-refractivity contribution < 1.29 is 9.32 Å². The van der Waals surface area contributed by atoms with Crippen LogP contribution in [0, 0.1) is 0 Å². The Kier molecular flexibility index (Phi) is 4.74. The van der Waals surface area contributed by atoms with Gasteiger partial charge < -0.3 is 9.84 Å². The number of hydrogen-bond acceptors (Lipinski definition) is 3. The second kappa shape index (κ2) is 7.11. The Balaban J connectivity index is 1.62. The zero-order chi connectivity index (χ0) is 16.1. The van der Waals surface area contributed by atoms with Gasteiger partial charge in [-0.2, -0.15) is 0 Å². The summed E-state index contributed by atoms with van der Waals surface area (Å²) >= 11 is 6.11. The van der Waals surface area contributed by atoms with Gasteiger partial charge in [-0.1, -0.05) is 59.2 Å². The van der Waals surface area contributed by atoms with Gasteiger partial charge in [0, 0.05) is 18.2 Å². The summed E-state index contributed by atoms with van der Waals surface area (Å²) in [5.41, 5.74) is 2.13. The second-order valence-electron chi connectivity index (χ2n) is 5.05. The molecule has 4 nitrogen and oxygen atoms in total. The van der Waals surface area contributed by atoms with E-state index in [1.165, 1.54) is 5.56 Å². The van der Waals surface area contributed by atoms with E-state index in [4.69, 9.17) is 16.1 Å². The molecule has 116 valence electrons. The molecule has 0 aliphatic rings. The van der Waals surface area contributed by atoms with Crippen molar-refractivity contribution in [2.75, 3.05) is 6.54 Å². The van der Waals surface area contributed by atoms with Gasteiger partial charge in [-0.05, 0) is 24.1 Å². The van der Waals surface area contributed by atoms with Crippen LogP contribution in [0.25, 0.3) is 11.3 Å².